The van der Waals surface area contributed by atoms with Crippen molar-refractivity contribution in [2.45, 2.75) is 39.5 Å². The van der Waals surface area contributed by atoms with E-state index >= 15 is 0 Å². The zero-order valence-electron chi connectivity index (χ0n) is 10.1. The van der Waals surface area contributed by atoms with Crippen LogP contribution in [0.3, 0.4) is 0 Å². The fraction of sp³-hybridized carbons (Fsp3) is 0.818. The van der Waals surface area contributed by atoms with Crippen molar-refractivity contribution < 1.29 is 14.7 Å². The van der Waals surface area contributed by atoms with Crippen molar-refractivity contribution in [2.75, 3.05) is 13.1 Å². The van der Waals surface area contributed by atoms with Gasteiger partial charge in [-0.25, -0.2) is 4.79 Å². The molecule has 0 saturated carbocycles. The number of aliphatic carboxylic acids is 1. The van der Waals surface area contributed by atoms with E-state index in [0.717, 1.165) is 12.8 Å². The van der Waals surface area contributed by atoms with Gasteiger partial charge in [0, 0.05) is 19.5 Å². The molecule has 0 aliphatic carbocycles. The highest BCUT2D eigenvalue weighted by molar-refractivity contribution is 5.73. The van der Waals surface area contributed by atoms with E-state index in [1.807, 2.05) is 0 Å². The number of hydrogen-bond acceptors (Lipinski definition) is 2. The molecule has 2 amide bonds. The van der Waals surface area contributed by atoms with Crippen LogP contribution < -0.4 is 10.6 Å². The third-order valence-corrected chi connectivity index (χ3v) is 2.10. The van der Waals surface area contributed by atoms with E-state index < -0.39 is 5.97 Å². The van der Waals surface area contributed by atoms with Crippen LogP contribution in [-0.2, 0) is 4.79 Å². The summed E-state index contributed by atoms with van der Waals surface area (Å²) in [5.41, 5.74) is 0. The summed E-state index contributed by atoms with van der Waals surface area (Å²) >= 11 is 0. The molecule has 0 fully saturated rings. The van der Waals surface area contributed by atoms with Gasteiger partial charge < -0.3 is 15.7 Å². The molecular weight excluding hydrogens is 208 g/mol. The van der Waals surface area contributed by atoms with Crippen LogP contribution in [0.25, 0.3) is 0 Å². The van der Waals surface area contributed by atoms with Crippen molar-refractivity contribution in [2.24, 2.45) is 5.92 Å². The van der Waals surface area contributed by atoms with Gasteiger partial charge in [0.05, 0.1) is 0 Å². The van der Waals surface area contributed by atoms with Gasteiger partial charge in [-0.05, 0) is 25.2 Å². The van der Waals surface area contributed by atoms with Crippen LogP contribution in [0.2, 0.25) is 0 Å². The first kappa shape index (κ1) is 14.7. The lowest BCUT2D eigenvalue weighted by atomic mass is 10.1. The summed E-state index contributed by atoms with van der Waals surface area (Å²) in [6.45, 7) is 5.36. The Labute approximate surface area is 96.6 Å². The van der Waals surface area contributed by atoms with Gasteiger partial charge in [-0.2, -0.15) is 0 Å². The first-order chi connectivity index (χ1) is 7.52. The minimum Gasteiger partial charge on any atom is -0.481 e. The van der Waals surface area contributed by atoms with Crippen LogP contribution in [-0.4, -0.2) is 30.2 Å². The van der Waals surface area contributed by atoms with Crippen molar-refractivity contribution in [3.8, 4) is 0 Å². The Balaban J connectivity index is 3.28. The summed E-state index contributed by atoms with van der Waals surface area (Å²) in [7, 11) is 0. The number of carboxylic acids is 1. The molecule has 3 N–H and O–H groups in total. The Morgan fingerprint density at radius 3 is 2.19 bits per heavy atom. The van der Waals surface area contributed by atoms with Gasteiger partial charge in [-0.15, -0.1) is 0 Å². The Morgan fingerprint density at radius 1 is 1.12 bits per heavy atom. The molecular formula is C11H22N2O3. The largest absolute Gasteiger partial charge is 0.481 e. The van der Waals surface area contributed by atoms with Gasteiger partial charge in [0.1, 0.15) is 0 Å². The minimum absolute atomic E-state index is 0.0909. The molecule has 0 atom stereocenters. The second kappa shape index (κ2) is 9.00. The van der Waals surface area contributed by atoms with Crippen molar-refractivity contribution in [1.29, 1.82) is 0 Å². The molecule has 5 heteroatoms. The summed E-state index contributed by atoms with van der Waals surface area (Å²) in [6, 6.07) is -0.214. The lowest BCUT2D eigenvalue weighted by molar-refractivity contribution is -0.137. The molecule has 0 radical (unpaired) electrons. The molecule has 0 rings (SSSR count). The highest BCUT2D eigenvalue weighted by Gasteiger charge is 2.00. The molecule has 0 aliphatic heterocycles. The van der Waals surface area contributed by atoms with E-state index in [-0.39, 0.29) is 12.5 Å². The fourth-order valence-corrected chi connectivity index (χ4v) is 1.22. The van der Waals surface area contributed by atoms with Gasteiger partial charge in [-0.3, -0.25) is 4.79 Å². The Kier molecular flexibility index (Phi) is 8.29. The van der Waals surface area contributed by atoms with Gasteiger partial charge in [-0.1, -0.05) is 13.8 Å². The molecule has 0 spiro atoms. The number of carbonyl (C=O) groups excluding carboxylic acids is 1. The maximum atomic E-state index is 11.2. The zero-order valence-corrected chi connectivity index (χ0v) is 10.1. The predicted octanol–water partition coefficient (Wildman–Crippen LogP) is 1.59. The van der Waals surface area contributed by atoms with Gasteiger partial charge >= 0.3 is 12.0 Å². The van der Waals surface area contributed by atoms with Crippen LogP contribution in [0.5, 0.6) is 0 Å². The van der Waals surface area contributed by atoms with Crippen molar-refractivity contribution in [3.63, 3.8) is 0 Å². The van der Waals surface area contributed by atoms with E-state index in [1.54, 1.807) is 0 Å². The molecule has 0 unspecified atom stereocenters. The van der Waals surface area contributed by atoms with Crippen LogP contribution >= 0.6 is 0 Å². The molecule has 0 heterocycles. The number of carboxylic acid groups (broad SMARTS) is 1. The molecule has 0 aromatic heterocycles. The molecule has 0 aromatic carbocycles. The van der Waals surface area contributed by atoms with Gasteiger partial charge in [0.15, 0.2) is 0 Å². The van der Waals surface area contributed by atoms with E-state index in [0.29, 0.717) is 25.4 Å². The topological polar surface area (TPSA) is 78.4 Å². The summed E-state index contributed by atoms with van der Waals surface area (Å²) < 4.78 is 0. The summed E-state index contributed by atoms with van der Waals surface area (Å²) in [6.07, 6.45) is 2.63. The number of urea groups is 1. The maximum Gasteiger partial charge on any atom is 0.314 e. The Hall–Kier alpha value is -1.26. The zero-order chi connectivity index (χ0) is 12.4. The third-order valence-electron chi connectivity index (χ3n) is 2.10. The number of nitrogens with one attached hydrogen (secondary N) is 2. The predicted molar refractivity (Wildman–Crippen MR) is 62.3 cm³/mol. The maximum absolute atomic E-state index is 11.2. The second-order valence-electron chi connectivity index (χ2n) is 4.22. The van der Waals surface area contributed by atoms with Crippen LogP contribution in [0.15, 0.2) is 0 Å². The fourth-order valence-electron chi connectivity index (χ4n) is 1.22. The third kappa shape index (κ3) is 10.8. The number of carbonyl (C=O) groups is 2. The monoisotopic (exact) mass is 230 g/mol. The van der Waals surface area contributed by atoms with Crippen molar-refractivity contribution in [3.05, 3.63) is 0 Å². The first-order valence-corrected chi connectivity index (χ1v) is 5.76. The molecule has 94 valence electrons. The van der Waals surface area contributed by atoms with Crippen LogP contribution in [0, 0.1) is 5.92 Å². The van der Waals surface area contributed by atoms with E-state index in [9.17, 15) is 9.59 Å². The molecule has 16 heavy (non-hydrogen) atoms. The molecule has 0 saturated heterocycles. The van der Waals surface area contributed by atoms with Gasteiger partial charge in [0.2, 0.25) is 0 Å². The lowest BCUT2D eigenvalue weighted by Gasteiger charge is -2.07. The summed E-state index contributed by atoms with van der Waals surface area (Å²) in [5, 5.41) is 13.7. The summed E-state index contributed by atoms with van der Waals surface area (Å²) in [4.78, 5) is 21.4. The minimum atomic E-state index is -0.834. The van der Waals surface area contributed by atoms with E-state index in [4.69, 9.17) is 5.11 Å². The first-order valence-electron chi connectivity index (χ1n) is 5.76. The molecule has 0 bridgehead atoms. The van der Waals surface area contributed by atoms with Crippen LogP contribution in [0.1, 0.15) is 39.5 Å². The second-order valence-corrected chi connectivity index (χ2v) is 4.22. The Bertz CT molecular complexity index is 217. The Morgan fingerprint density at radius 2 is 1.69 bits per heavy atom. The van der Waals surface area contributed by atoms with Gasteiger partial charge in [0.25, 0.3) is 0 Å². The van der Waals surface area contributed by atoms with Crippen LogP contribution in [0.4, 0.5) is 4.79 Å². The highest BCUT2D eigenvalue weighted by atomic mass is 16.4. The molecule has 0 aliphatic rings. The van der Waals surface area contributed by atoms with Crippen molar-refractivity contribution in [1.82, 2.24) is 10.6 Å². The SMILES string of the molecule is CC(C)CCCNC(=O)NCCCC(=O)O. The molecule has 0 aromatic rings. The quantitative estimate of drug-likeness (QED) is 0.554. The normalized spacial score (nSPS) is 10.2. The molecule has 5 nitrogen and oxygen atoms in total. The summed E-state index contributed by atoms with van der Waals surface area (Å²) in [5.74, 6) is -0.181. The lowest BCUT2D eigenvalue weighted by Crippen LogP contribution is -2.36. The smallest absolute Gasteiger partial charge is 0.314 e. The highest BCUT2D eigenvalue weighted by Crippen LogP contribution is 2.01. The number of rotatable bonds is 8. The van der Waals surface area contributed by atoms with E-state index in [1.165, 1.54) is 0 Å². The number of hydrogen-bond donors (Lipinski definition) is 3. The van der Waals surface area contributed by atoms with Crippen molar-refractivity contribution >= 4 is 12.0 Å². The number of amides is 2. The van der Waals surface area contributed by atoms with E-state index in [2.05, 4.69) is 24.5 Å². The average molecular weight is 230 g/mol. The standard InChI is InChI=1S/C11H22N2O3/c1-9(2)5-3-7-12-11(16)13-8-4-6-10(14)15/h9H,3-8H2,1-2H3,(H,14,15)(H2,12,13,16). The average Bonchev–Trinajstić information content (AvgIpc) is 2.19.